The maximum absolute atomic E-state index is 13.3. The van der Waals surface area contributed by atoms with E-state index in [0.717, 1.165) is 16.1 Å². The molecular weight excluding hydrogens is 396 g/mol. The van der Waals surface area contributed by atoms with Crippen LogP contribution in [0.2, 0.25) is 0 Å². The molecule has 0 bridgehead atoms. The maximum Gasteiger partial charge on any atom is 0.283 e. The minimum absolute atomic E-state index is 0.272. The van der Waals surface area contributed by atoms with Gasteiger partial charge in [-0.1, -0.05) is 47.7 Å². The van der Waals surface area contributed by atoms with E-state index in [2.05, 4.69) is 5.32 Å². The third-order valence-electron chi connectivity index (χ3n) is 4.66. The average molecular weight is 417 g/mol. The first kappa shape index (κ1) is 19.8. The van der Waals surface area contributed by atoms with Gasteiger partial charge < -0.3 is 10.1 Å². The summed E-state index contributed by atoms with van der Waals surface area (Å²) in [6.07, 6.45) is 0. The molecule has 0 fully saturated rings. The lowest BCUT2D eigenvalue weighted by Crippen LogP contribution is -2.32. The third kappa shape index (κ3) is 3.95. The SMILES string of the molecule is COc1ccc(N2C(=O)C(Nc3ccc(C)cc3)=C(Sc3ccccc3)C2=O)cc1. The molecule has 150 valence electrons. The van der Waals surface area contributed by atoms with Gasteiger partial charge in [-0.15, -0.1) is 0 Å². The molecule has 0 spiro atoms. The van der Waals surface area contributed by atoms with Crippen LogP contribution in [0.5, 0.6) is 5.75 Å². The fraction of sp³-hybridized carbons (Fsp3) is 0.0833. The number of hydrogen-bond acceptors (Lipinski definition) is 5. The third-order valence-corrected chi connectivity index (χ3v) is 5.75. The van der Waals surface area contributed by atoms with Crippen molar-refractivity contribution in [2.45, 2.75) is 11.8 Å². The van der Waals surface area contributed by atoms with Crippen LogP contribution in [0.4, 0.5) is 11.4 Å². The van der Waals surface area contributed by atoms with Crippen molar-refractivity contribution in [2.75, 3.05) is 17.3 Å². The van der Waals surface area contributed by atoms with Crippen LogP contribution >= 0.6 is 11.8 Å². The van der Waals surface area contributed by atoms with E-state index in [-0.39, 0.29) is 17.5 Å². The van der Waals surface area contributed by atoms with Crippen LogP contribution in [0.25, 0.3) is 0 Å². The summed E-state index contributed by atoms with van der Waals surface area (Å²) < 4.78 is 5.18. The van der Waals surface area contributed by atoms with Gasteiger partial charge in [0.15, 0.2) is 0 Å². The van der Waals surface area contributed by atoms with Gasteiger partial charge in [-0.25, -0.2) is 4.90 Å². The number of imide groups is 1. The lowest BCUT2D eigenvalue weighted by atomic mass is 10.2. The number of rotatable bonds is 6. The van der Waals surface area contributed by atoms with E-state index in [1.54, 1.807) is 31.4 Å². The lowest BCUT2D eigenvalue weighted by molar-refractivity contribution is -0.120. The van der Waals surface area contributed by atoms with E-state index in [0.29, 0.717) is 16.3 Å². The summed E-state index contributed by atoms with van der Waals surface area (Å²) in [5.41, 5.74) is 2.63. The molecule has 5 nitrogen and oxygen atoms in total. The molecule has 6 heteroatoms. The quantitative estimate of drug-likeness (QED) is 0.574. The number of carbonyl (C=O) groups excluding carboxylic acids is 2. The van der Waals surface area contributed by atoms with Crippen molar-refractivity contribution >= 4 is 35.0 Å². The van der Waals surface area contributed by atoms with Gasteiger partial charge in [-0.2, -0.15) is 0 Å². The van der Waals surface area contributed by atoms with E-state index in [1.165, 1.54) is 16.7 Å². The summed E-state index contributed by atoms with van der Waals surface area (Å²) in [6.45, 7) is 2.00. The zero-order chi connectivity index (χ0) is 21.1. The molecule has 0 radical (unpaired) electrons. The van der Waals surface area contributed by atoms with Crippen molar-refractivity contribution in [3.63, 3.8) is 0 Å². The van der Waals surface area contributed by atoms with Crippen LogP contribution in [0.1, 0.15) is 5.56 Å². The zero-order valence-corrected chi connectivity index (χ0v) is 17.4. The molecule has 3 aromatic rings. The van der Waals surface area contributed by atoms with E-state index in [4.69, 9.17) is 4.74 Å². The smallest absolute Gasteiger partial charge is 0.283 e. The zero-order valence-electron chi connectivity index (χ0n) is 16.6. The van der Waals surface area contributed by atoms with Crippen molar-refractivity contribution in [3.8, 4) is 5.75 Å². The second-order valence-electron chi connectivity index (χ2n) is 6.75. The molecule has 1 heterocycles. The monoisotopic (exact) mass is 416 g/mol. The number of amides is 2. The highest BCUT2D eigenvalue weighted by molar-refractivity contribution is 8.04. The molecule has 1 aliphatic rings. The Labute approximate surface area is 179 Å². The summed E-state index contributed by atoms with van der Waals surface area (Å²) in [7, 11) is 1.57. The minimum atomic E-state index is -0.385. The first-order chi connectivity index (χ1) is 14.6. The van der Waals surface area contributed by atoms with Gasteiger partial charge in [0.2, 0.25) is 0 Å². The number of nitrogens with one attached hydrogen (secondary N) is 1. The Morgan fingerprint density at radius 1 is 0.833 bits per heavy atom. The molecule has 0 saturated carbocycles. The molecule has 1 aliphatic heterocycles. The van der Waals surface area contributed by atoms with E-state index < -0.39 is 0 Å². The van der Waals surface area contributed by atoms with Crippen molar-refractivity contribution in [1.82, 2.24) is 0 Å². The highest BCUT2D eigenvalue weighted by Gasteiger charge is 2.40. The number of hydrogen-bond donors (Lipinski definition) is 1. The Balaban J connectivity index is 1.72. The van der Waals surface area contributed by atoms with Crippen molar-refractivity contribution in [1.29, 1.82) is 0 Å². The summed E-state index contributed by atoms with van der Waals surface area (Å²) in [4.78, 5) is 29.0. The topological polar surface area (TPSA) is 58.6 Å². The Kier molecular flexibility index (Phi) is 5.59. The van der Waals surface area contributed by atoms with Crippen LogP contribution in [0, 0.1) is 6.92 Å². The number of ether oxygens (including phenoxy) is 1. The number of benzene rings is 3. The average Bonchev–Trinajstić information content (AvgIpc) is 3.00. The standard InChI is InChI=1S/C24H20N2O3S/c1-16-8-10-17(11-9-16)25-21-22(30-20-6-4-3-5-7-20)24(28)26(23(21)27)18-12-14-19(29-2)15-13-18/h3-15,25H,1-2H3. The first-order valence-corrected chi connectivity index (χ1v) is 10.2. The Morgan fingerprint density at radius 3 is 2.13 bits per heavy atom. The number of anilines is 2. The van der Waals surface area contributed by atoms with Gasteiger partial charge in [0.05, 0.1) is 12.8 Å². The molecule has 30 heavy (non-hydrogen) atoms. The minimum Gasteiger partial charge on any atom is -0.497 e. The molecule has 0 unspecified atom stereocenters. The number of carbonyl (C=O) groups is 2. The number of nitrogens with zero attached hydrogens (tertiary/aromatic N) is 1. The summed E-state index contributed by atoms with van der Waals surface area (Å²) in [5.74, 6) is -0.0829. The Hall–Kier alpha value is -3.51. The fourth-order valence-corrected chi connectivity index (χ4v) is 4.02. The van der Waals surface area contributed by atoms with Crippen molar-refractivity contribution < 1.29 is 14.3 Å². The van der Waals surface area contributed by atoms with E-state index in [1.807, 2.05) is 61.5 Å². The number of aryl methyl sites for hydroxylation is 1. The molecule has 2 amide bonds. The highest BCUT2D eigenvalue weighted by atomic mass is 32.2. The molecule has 4 rings (SSSR count). The van der Waals surface area contributed by atoms with Crippen molar-refractivity contribution in [3.05, 3.63) is 95.0 Å². The van der Waals surface area contributed by atoms with Crippen LogP contribution < -0.4 is 15.0 Å². The van der Waals surface area contributed by atoms with E-state index in [9.17, 15) is 9.59 Å². The molecular formula is C24H20N2O3S. The highest BCUT2D eigenvalue weighted by Crippen LogP contribution is 2.38. The van der Waals surface area contributed by atoms with Crippen LogP contribution in [0.3, 0.4) is 0 Å². The van der Waals surface area contributed by atoms with Crippen LogP contribution in [-0.2, 0) is 9.59 Å². The predicted molar refractivity (Wildman–Crippen MR) is 120 cm³/mol. The van der Waals surface area contributed by atoms with Gasteiger partial charge in [-0.3, -0.25) is 9.59 Å². The molecule has 3 aromatic carbocycles. The Morgan fingerprint density at radius 2 is 1.50 bits per heavy atom. The van der Waals surface area contributed by atoms with Crippen LogP contribution in [0.15, 0.2) is 94.4 Å². The first-order valence-electron chi connectivity index (χ1n) is 9.40. The molecule has 0 saturated heterocycles. The van der Waals surface area contributed by atoms with Gasteiger partial charge in [-0.05, 0) is 55.5 Å². The van der Waals surface area contributed by atoms with Gasteiger partial charge in [0.25, 0.3) is 11.8 Å². The summed E-state index contributed by atoms with van der Waals surface area (Å²) >= 11 is 1.28. The second-order valence-corrected chi connectivity index (χ2v) is 7.84. The largest absolute Gasteiger partial charge is 0.497 e. The molecule has 0 atom stereocenters. The molecule has 1 N–H and O–H groups in total. The molecule has 0 aliphatic carbocycles. The second kappa shape index (κ2) is 8.47. The molecule has 0 aromatic heterocycles. The van der Waals surface area contributed by atoms with Crippen molar-refractivity contribution in [2.24, 2.45) is 0 Å². The lowest BCUT2D eigenvalue weighted by Gasteiger charge is -2.15. The Bertz CT molecular complexity index is 1110. The summed E-state index contributed by atoms with van der Waals surface area (Å²) in [5, 5.41) is 3.16. The van der Waals surface area contributed by atoms with Gasteiger partial charge in [0, 0.05) is 10.6 Å². The van der Waals surface area contributed by atoms with Gasteiger partial charge >= 0.3 is 0 Å². The van der Waals surface area contributed by atoms with Gasteiger partial charge in [0.1, 0.15) is 16.4 Å². The van der Waals surface area contributed by atoms with E-state index >= 15 is 0 Å². The fourth-order valence-electron chi connectivity index (χ4n) is 3.07. The number of thioether (sulfide) groups is 1. The van der Waals surface area contributed by atoms with Crippen LogP contribution in [-0.4, -0.2) is 18.9 Å². The predicted octanol–water partition coefficient (Wildman–Crippen LogP) is 4.99. The maximum atomic E-state index is 13.3. The normalized spacial score (nSPS) is 13.7. The summed E-state index contributed by atoms with van der Waals surface area (Å²) in [6, 6.07) is 24.1. The number of methoxy groups -OCH3 is 1.